The number of piperazine rings is 1. The van der Waals surface area contributed by atoms with Crippen molar-refractivity contribution in [2.75, 3.05) is 31.6 Å². The average molecular weight is 432 g/mol. The fraction of sp³-hybridized carbons (Fsp3) is 0.400. The zero-order chi connectivity index (χ0) is 22.6. The van der Waals surface area contributed by atoms with Crippen molar-refractivity contribution >= 4 is 22.3 Å². The molecule has 1 aromatic carbocycles. The van der Waals surface area contributed by atoms with Gasteiger partial charge in [0.15, 0.2) is 5.65 Å². The molecule has 1 saturated heterocycles. The van der Waals surface area contributed by atoms with Crippen LogP contribution in [-0.4, -0.2) is 52.0 Å². The molecule has 0 aliphatic carbocycles. The van der Waals surface area contributed by atoms with E-state index < -0.39 is 0 Å². The van der Waals surface area contributed by atoms with Crippen molar-refractivity contribution in [2.45, 2.75) is 33.7 Å². The lowest BCUT2D eigenvalue weighted by atomic mass is 9.99. The minimum atomic E-state index is -0.376. The molecule has 1 fully saturated rings. The first-order valence-corrected chi connectivity index (χ1v) is 11.2. The third kappa shape index (κ3) is 3.56. The Morgan fingerprint density at radius 3 is 2.69 bits per heavy atom. The Bertz CT molecular complexity index is 1370. The lowest BCUT2D eigenvalue weighted by molar-refractivity contribution is 0.173. The zero-order valence-corrected chi connectivity index (χ0v) is 19.3. The van der Waals surface area contributed by atoms with Crippen LogP contribution in [0.2, 0.25) is 0 Å². The van der Waals surface area contributed by atoms with Crippen LogP contribution >= 0.6 is 0 Å². The highest BCUT2D eigenvalue weighted by atomic mass is 16.4. The van der Waals surface area contributed by atoms with E-state index in [1.165, 1.54) is 0 Å². The Hall–Kier alpha value is -3.19. The van der Waals surface area contributed by atoms with Crippen LogP contribution in [0.4, 0.5) is 5.69 Å². The molecule has 0 spiro atoms. The molecule has 1 atom stereocenters. The van der Waals surface area contributed by atoms with Gasteiger partial charge < -0.3 is 13.7 Å². The van der Waals surface area contributed by atoms with Crippen molar-refractivity contribution in [2.24, 2.45) is 5.92 Å². The molecule has 0 amide bonds. The maximum absolute atomic E-state index is 12.9. The van der Waals surface area contributed by atoms with Crippen LogP contribution in [0.25, 0.3) is 27.9 Å². The van der Waals surface area contributed by atoms with Gasteiger partial charge in [-0.1, -0.05) is 13.8 Å². The third-order valence-electron chi connectivity index (χ3n) is 6.55. The fourth-order valence-corrected chi connectivity index (χ4v) is 4.76. The van der Waals surface area contributed by atoms with Crippen molar-refractivity contribution in [1.29, 1.82) is 0 Å². The summed E-state index contributed by atoms with van der Waals surface area (Å²) in [5.41, 5.74) is 4.86. The van der Waals surface area contributed by atoms with Crippen molar-refractivity contribution in [1.82, 2.24) is 19.3 Å². The number of benzene rings is 1. The SMILES string of the molecule is Cc1cn2cc(-c3cc4ccc(N5CCN(C)[C@@H](C(C)C)C5)cc4oc3=O)nc2c(C)n1. The minimum Gasteiger partial charge on any atom is -0.422 e. The number of hydrogen-bond acceptors (Lipinski definition) is 6. The monoisotopic (exact) mass is 431 g/mol. The van der Waals surface area contributed by atoms with Gasteiger partial charge in [-0.2, -0.15) is 0 Å². The quantitative estimate of drug-likeness (QED) is 0.459. The van der Waals surface area contributed by atoms with Gasteiger partial charge in [0.1, 0.15) is 5.58 Å². The van der Waals surface area contributed by atoms with Crippen LogP contribution in [0.3, 0.4) is 0 Å². The number of likely N-dealkylation sites (N-methyl/N-ethyl adjacent to an activating group) is 1. The smallest absolute Gasteiger partial charge is 0.345 e. The van der Waals surface area contributed by atoms with Crippen LogP contribution in [0.15, 0.2) is 45.9 Å². The Morgan fingerprint density at radius 2 is 1.91 bits per heavy atom. The summed E-state index contributed by atoms with van der Waals surface area (Å²) >= 11 is 0. The first kappa shape index (κ1) is 20.7. The Kier molecular flexibility index (Phi) is 5.01. The first-order chi connectivity index (χ1) is 15.3. The van der Waals surface area contributed by atoms with E-state index in [1.54, 1.807) is 0 Å². The maximum atomic E-state index is 12.9. The van der Waals surface area contributed by atoms with Gasteiger partial charge in [-0.3, -0.25) is 9.88 Å². The highest BCUT2D eigenvalue weighted by Gasteiger charge is 2.27. The van der Waals surface area contributed by atoms with E-state index in [9.17, 15) is 4.79 Å². The molecule has 3 aromatic heterocycles. The van der Waals surface area contributed by atoms with E-state index in [0.29, 0.717) is 28.8 Å². The van der Waals surface area contributed by atoms with E-state index >= 15 is 0 Å². The maximum Gasteiger partial charge on any atom is 0.345 e. The second-order valence-corrected chi connectivity index (χ2v) is 9.23. The molecule has 1 aliphatic rings. The standard InChI is InChI=1S/C25H29N5O2/c1-15(2)22-14-29(9-8-28(22)5)19-7-6-18-10-20(25(31)32-23(18)11-19)21-13-30-12-16(3)26-17(4)24(30)27-21/h6-7,10-13,15,22H,8-9,14H2,1-5H3/t22-/m1/s1. The van der Waals surface area contributed by atoms with Crippen molar-refractivity contribution < 1.29 is 4.42 Å². The number of imidazole rings is 1. The van der Waals surface area contributed by atoms with Gasteiger partial charge in [-0.05, 0) is 45.0 Å². The minimum absolute atomic E-state index is 0.376. The molecule has 0 radical (unpaired) electrons. The molecule has 4 heterocycles. The summed E-state index contributed by atoms with van der Waals surface area (Å²) < 4.78 is 7.68. The van der Waals surface area contributed by atoms with Gasteiger partial charge in [0.25, 0.3) is 0 Å². The number of rotatable bonds is 3. The van der Waals surface area contributed by atoms with Gasteiger partial charge in [0, 0.05) is 55.2 Å². The summed E-state index contributed by atoms with van der Waals surface area (Å²) in [6.07, 6.45) is 3.77. The van der Waals surface area contributed by atoms with E-state index in [-0.39, 0.29) is 5.63 Å². The molecular weight excluding hydrogens is 402 g/mol. The molecule has 7 nitrogen and oxygen atoms in total. The molecule has 5 rings (SSSR count). The Labute approximate surface area is 187 Å². The van der Waals surface area contributed by atoms with Crippen LogP contribution < -0.4 is 10.5 Å². The van der Waals surface area contributed by atoms with Gasteiger partial charge in [0.05, 0.1) is 22.6 Å². The van der Waals surface area contributed by atoms with Gasteiger partial charge >= 0.3 is 5.63 Å². The first-order valence-electron chi connectivity index (χ1n) is 11.2. The molecule has 0 saturated carbocycles. The summed E-state index contributed by atoms with van der Waals surface area (Å²) in [7, 11) is 2.20. The number of anilines is 1. The second-order valence-electron chi connectivity index (χ2n) is 9.23. The zero-order valence-electron chi connectivity index (χ0n) is 19.3. The summed E-state index contributed by atoms with van der Waals surface area (Å²) in [6, 6.07) is 8.53. The predicted octanol–water partition coefficient (Wildman–Crippen LogP) is 3.90. The van der Waals surface area contributed by atoms with Crippen LogP contribution in [-0.2, 0) is 0 Å². The van der Waals surface area contributed by atoms with Crippen LogP contribution in [0.1, 0.15) is 25.2 Å². The Balaban J connectivity index is 1.52. The summed E-state index contributed by atoms with van der Waals surface area (Å²) in [5, 5.41) is 0.890. The molecule has 32 heavy (non-hydrogen) atoms. The number of fused-ring (bicyclic) bond motifs is 2. The van der Waals surface area contributed by atoms with E-state index in [0.717, 1.165) is 47.7 Å². The molecular formula is C25H29N5O2. The highest BCUT2D eigenvalue weighted by Crippen LogP contribution is 2.27. The van der Waals surface area contributed by atoms with Crippen molar-refractivity contribution in [3.05, 3.63) is 58.5 Å². The van der Waals surface area contributed by atoms with E-state index in [1.807, 2.05) is 48.8 Å². The van der Waals surface area contributed by atoms with Crippen LogP contribution in [0.5, 0.6) is 0 Å². The normalized spacial score (nSPS) is 17.7. The largest absolute Gasteiger partial charge is 0.422 e. The van der Waals surface area contributed by atoms with E-state index in [4.69, 9.17) is 4.42 Å². The van der Waals surface area contributed by atoms with Crippen molar-refractivity contribution in [3.8, 4) is 11.3 Å². The lowest BCUT2D eigenvalue weighted by Gasteiger charge is -2.42. The predicted molar refractivity (Wildman–Crippen MR) is 127 cm³/mol. The third-order valence-corrected chi connectivity index (χ3v) is 6.55. The lowest BCUT2D eigenvalue weighted by Crippen LogP contribution is -2.53. The van der Waals surface area contributed by atoms with Crippen LogP contribution in [0, 0.1) is 19.8 Å². The number of aryl methyl sites for hydroxylation is 2. The molecule has 1 aliphatic heterocycles. The van der Waals surface area contributed by atoms with Gasteiger partial charge in [-0.15, -0.1) is 0 Å². The summed E-state index contributed by atoms with van der Waals surface area (Å²) in [5.74, 6) is 0.580. The Morgan fingerprint density at radius 1 is 1.09 bits per heavy atom. The molecule has 0 bridgehead atoms. The van der Waals surface area contributed by atoms with Crippen molar-refractivity contribution in [3.63, 3.8) is 0 Å². The summed E-state index contributed by atoms with van der Waals surface area (Å²) in [4.78, 5) is 26.8. The summed E-state index contributed by atoms with van der Waals surface area (Å²) in [6.45, 7) is 11.3. The molecule has 7 heteroatoms. The fourth-order valence-electron chi connectivity index (χ4n) is 4.76. The highest BCUT2D eigenvalue weighted by molar-refractivity contribution is 5.84. The molecule has 4 aromatic rings. The number of aromatic nitrogens is 3. The van der Waals surface area contributed by atoms with Gasteiger partial charge in [-0.25, -0.2) is 9.78 Å². The molecule has 0 N–H and O–H groups in total. The number of hydrogen-bond donors (Lipinski definition) is 0. The number of nitrogens with zero attached hydrogens (tertiary/aromatic N) is 5. The molecule has 166 valence electrons. The molecule has 0 unspecified atom stereocenters. The second kappa shape index (κ2) is 7.74. The average Bonchev–Trinajstić information content (AvgIpc) is 3.17. The topological polar surface area (TPSA) is 66.9 Å². The van der Waals surface area contributed by atoms with Gasteiger partial charge in [0.2, 0.25) is 0 Å². The van der Waals surface area contributed by atoms with E-state index in [2.05, 4.69) is 46.7 Å².